The van der Waals surface area contributed by atoms with Gasteiger partial charge in [0.15, 0.2) is 0 Å². The molecular formula is C14H19N3O4. The number of carbonyl (C=O) groups is 3. The van der Waals surface area contributed by atoms with Gasteiger partial charge in [-0.15, -0.1) is 0 Å². The highest BCUT2D eigenvalue weighted by molar-refractivity contribution is 5.94. The third-order valence-corrected chi connectivity index (χ3v) is 2.98. The molecule has 4 N–H and O–H groups in total. The molecule has 0 spiro atoms. The SMILES string of the molecule is CC(CN(C)C(=O)c1ccc(CNC(N)=O)cc1)C(=O)O. The van der Waals surface area contributed by atoms with Gasteiger partial charge in [-0.2, -0.15) is 0 Å². The molecule has 7 nitrogen and oxygen atoms in total. The Balaban J connectivity index is 2.66. The molecule has 0 aliphatic carbocycles. The zero-order valence-electron chi connectivity index (χ0n) is 12.0. The fourth-order valence-electron chi connectivity index (χ4n) is 1.75. The van der Waals surface area contributed by atoms with Crippen LogP contribution in [0.15, 0.2) is 24.3 Å². The smallest absolute Gasteiger partial charge is 0.312 e. The second-order valence-corrected chi connectivity index (χ2v) is 4.84. The Morgan fingerprint density at radius 1 is 1.29 bits per heavy atom. The molecule has 0 heterocycles. The summed E-state index contributed by atoms with van der Waals surface area (Å²) in [6, 6.07) is 6.05. The number of rotatable bonds is 6. The summed E-state index contributed by atoms with van der Waals surface area (Å²) in [5.41, 5.74) is 6.24. The van der Waals surface area contributed by atoms with Crippen molar-refractivity contribution in [3.05, 3.63) is 35.4 Å². The fraction of sp³-hybridized carbons (Fsp3) is 0.357. The van der Waals surface area contributed by atoms with Gasteiger partial charge in [0.05, 0.1) is 5.92 Å². The minimum Gasteiger partial charge on any atom is -0.481 e. The average Bonchev–Trinajstić information content (AvgIpc) is 2.44. The number of hydrogen-bond donors (Lipinski definition) is 3. The molecule has 1 aromatic rings. The van der Waals surface area contributed by atoms with E-state index in [1.54, 1.807) is 38.2 Å². The van der Waals surface area contributed by atoms with E-state index < -0.39 is 17.9 Å². The van der Waals surface area contributed by atoms with Crippen LogP contribution in [0, 0.1) is 5.92 Å². The van der Waals surface area contributed by atoms with E-state index in [0.717, 1.165) is 5.56 Å². The van der Waals surface area contributed by atoms with Crippen LogP contribution < -0.4 is 11.1 Å². The number of hydrogen-bond acceptors (Lipinski definition) is 3. The first-order valence-electron chi connectivity index (χ1n) is 6.41. The molecular weight excluding hydrogens is 274 g/mol. The highest BCUT2D eigenvalue weighted by Gasteiger charge is 2.18. The number of nitrogens with zero attached hydrogens (tertiary/aromatic N) is 1. The van der Waals surface area contributed by atoms with Crippen molar-refractivity contribution in [1.29, 1.82) is 0 Å². The number of urea groups is 1. The van der Waals surface area contributed by atoms with Gasteiger partial charge in [-0.25, -0.2) is 4.79 Å². The summed E-state index contributed by atoms with van der Waals surface area (Å²) in [7, 11) is 1.56. The molecule has 0 saturated carbocycles. The van der Waals surface area contributed by atoms with Gasteiger partial charge in [-0.3, -0.25) is 9.59 Å². The van der Waals surface area contributed by atoms with Crippen molar-refractivity contribution < 1.29 is 19.5 Å². The summed E-state index contributed by atoms with van der Waals surface area (Å²) < 4.78 is 0. The first-order valence-corrected chi connectivity index (χ1v) is 6.41. The van der Waals surface area contributed by atoms with Gasteiger partial charge in [0.2, 0.25) is 0 Å². The second-order valence-electron chi connectivity index (χ2n) is 4.84. The number of carboxylic acid groups (broad SMARTS) is 1. The summed E-state index contributed by atoms with van der Waals surface area (Å²) in [5.74, 6) is -1.82. The van der Waals surface area contributed by atoms with E-state index in [-0.39, 0.29) is 19.0 Å². The number of carbonyl (C=O) groups excluding carboxylic acids is 2. The quantitative estimate of drug-likeness (QED) is 0.714. The van der Waals surface area contributed by atoms with Crippen molar-refractivity contribution in [3.8, 4) is 0 Å². The van der Waals surface area contributed by atoms with Crippen LogP contribution in [0.5, 0.6) is 0 Å². The summed E-state index contributed by atoms with van der Waals surface area (Å²) in [4.78, 5) is 34.9. The number of primary amides is 1. The van der Waals surface area contributed by atoms with Crippen LogP contribution in [-0.2, 0) is 11.3 Å². The maximum atomic E-state index is 12.1. The molecule has 1 rings (SSSR count). The first kappa shape index (κ1) is 16.5. The van der Waals surface area contributed by atoms with Crippen LogP contribution >= 0.6 is 0 Å². The van der Waals surface area contributed by atoms with Crippen molar-refractivity contribution in [1.82, 2.24) is 10.2 Å². The van der Waals surface area contributed by atoms with Gasteiger partial charge in [-0.05, 0) is 17.7 Å². The monoisotopic (exact) mass is 293 g/mol. The van der Waals surface area contributed by atoms with Crippen molar-refractivity contribution in [2.45, 2.75) is 13.5 Å². The molecule has 0 aliphatic heterocycles. The van der Waals surface area contributed by atoms with E-state index in [1.165, 1.54) is 4.90 Å². The van der Waals surface area contributed by atoms with Gasteiger partial charge in [0.25, 0.3) is 5.91 Å². The Morgan fingerprint density at radius 3 is 2.33 bits per heavy atom. The van der Waals surface area contributed by atoms with Gasteiger partial charge in [0.1, 0.15) is 0 Å². The van der Waals surface area contributed by atoms with E-state index in [4.69, 9.17) is 10.8 Å². The summed E-state index contributed by atoms with van der Waals surface area (Å²) in [5, 5.41) is 11.3. The fourth-order valence-corrected chi connectivity index (χ4v) is 1.75. The third kappa shape index (κ3) is 5.13. The van der Waals surface area contributed by atoms with Crippen LogP contribution in [0.1, 0.15) is 22.8 Å². The molecule has 0 aromatic heterocycles. The van der Waals surface area contributed by atoms with Crippen LogP contribution in [0.25, 0.3) is 0 Å². The highest BCUT2D eigenvalue weighted by atomic mass is 16.4. The molecule has 1 atom stereocenters. The molecule has 0 fully saturated rings. The number of nitrogens with two attached hydrogens (primary N) is 1. The second kappa shape index (κ2) is 7.28. The summed E-state index contributed by atoms with van der Waals surface area (Å²) >= 11 is 0. The summed E-state index contributed by atoms with van der Waals surface area (Å²) in [6.45, 7) is 1.97. The lowest BCUT2D eigenvalue weighted by molar-refractivity contribution is -0.141. The summed E-state index contributed by atoms with van der Waals surface area (Å²) in [6.07, 6.45) is 0. The van der Waals surface area contributed by atoms with E-state index in [0.29, 0.717) is 5.56 Å². The zero-order chi connectivity index (χ0) is 16.0. The number of aliphatic carboxylic acids is 1. The normalized spacial score (nSPS) is 11.5. The predicted molar refractivity (Wildman–Crippen MR) is 76.6 cm³/mol. The lowest BCUT2D eigenvalue weighted by atomic mass is 10.1. The highest BCUT2D eigenvalue weighted by Crippen LogP contribution is 2.09. The zero-order valence-corrected chi connectivity index (χ0v) is 12.0. The molecule has 1 aromatic carbocycles. The van der Waals surface area contributed by atoms with E-state index in [1.807, 2.05) is 0 Å². The largest absolute Gasteiger partial charge is 0.481 e. The van der Waals surface area contributed by atoms with Crippen LogP contribution in [-0.4, -0.2) is 41.5 Å². The predicted octanol–water partition coefficient (Wildman–Crippen LogP) is 0.648. The van der Waals surface area contributed by atoms with Gasteiger partial charge in [-0.1, -0.05) is 19.1 Å². The molecule has 0 bridgehead atoms. The molecule has 114 valence electrons. The van der Waals surface area contributed by atoms with Crippen LogP contribution in [0.3, 0.4) is 0 Å². The Labute approximate surface area is 122 Å². The maximum Gasteiger partial charge on any atom is 0.312 e. The molecule has 1 unspecified atom stereocenters. The van der Waals surface area contributed by atoms with Gasteiger partial charge >= 0.3 is 12.0 Å². The van der Waals surface area contributed by atoms with Crippen molar-refractivity contribution in [2.75, 3.05) is 13.6 Å². The number of carboxylic acids is 1. The standard InChI is InChI=1S/C14H19N3O4/c1-9(13(19)20)8-17(2)12(18)11-5-3-10(4-6-11)7-16-14(15)21/h3-6,9H,7-8H2,1-2H3,(H,19,20)(H3,15,16,21). The average molecular weight is 293 g/mol. The molecule has 3 amide bonds. The third-order valence-electron chi connectivity index (χ3n) is 2.98. The first-order chi connectivity index (χ1) is 9.81. The van der Waals surface area contributed by atoms with Crippen molar-refractivity contribution >= 4 is 17.9 Å². The van der Waals surface area contributed by atoms with Crippen molar-refractivity contribution in [3.63, 3.8) is 0 Å². The number of amides is 3. The topological polar surface area (TPSA) is 113 Å². The van der Waals surface area contributed by atoms with Crippen LogP contribution in [0.2, 0.25) is 0 Å². The Kier molecular flexibility index (Phi) is 5.71. The number of benzene rings is 1. The maximum absolute atomic E-state index is 12.1. The lowest BCUT2D eigenvalue weighted by Crippen LogP contribution is -2.33. The van der Waals surface area contributed by atoms with Gasteiger partial charge in [0, 0.05) is 25.7 Å². The Bertz CT molecular complexity index is 528. The van der Waals surface area contributed by atoms with E-state index in [2.05, 4.69) is 5.32 Å². The van der Waals surface area contributed by atoms with Crippen molar-refractivity contribution in [2.24, 2.45) is 11.7 Å². The van der Waals surface area contributed by atoms with E-state index >= 15 is 0 Å². The minimum atomic E-state index is -0.942. The lowest BCUT2D eigenvalue weighted by Gasteiger charge is -2.19. The molecule has 0 saturated heterocycles. The number of nitrogens with one attached hydrogen (secondary N) is 1. The molecule has 0 aliphatic rings. The molecule has 0 radical (unpaired) electrons. The van der Waals surface area contributed by atoms with E-state index in [9.17, 15) is 14.4 Å². The van der Waals surface area contributed by atoms with Gasteiger partial charge < -0.3 is 21.1 Å². The van der Waals surface area contributed by atoms with Crippen LogP contribution in [0.4, 0.5) is 4.79 Å². The minimum absolute atomic E-state index is 0.138. The Hall–Kier alpha value is -2.57. The Morgan fingerprint density at radius 2 is 1.86 bits per heavy atom. The molecule has 7 heteroatoms. The molecule has 21 heavy (non-hydrogen) atoms.